The minimum absolute atomic E-state index is 0.0408. The van der Waals surface area contributed by atoms with Crippen LogP contribution in [0.15, 0.2) is 54.1 Å². The Balaban J connectivity index is 2.05. The highest BCUT2D eigenvalue weighted by atomic mass is 19.4. The zero-order valence-corrected chi connectivity index (χ0v) is 17.3. The topological polar surface area (TPSA) is 67.9 Å². The van der Waals surface area contributed by atoms with Gasteiger partial charge in [0.25, 0.3) is 0 Å². The first-order valence-corrected chi connectivity index (χ1v) is 9.71. The number of Topliss-reactive ketones (excluding diaryl/α,β-unsaturated/α-hetero) is 1. The number of benzene rings is 1. The number of hydrogen-bond donors (Lipinski definition) is 1. The summed E-state index contributed by atoms with van der Waals surface area (Å²) in [5, 5.41) is 2.85. The average molecular weight is 436 g/mol. The molecule has 31 heavy (non-hydrogen) atoms. The standard InChI is InChI=1S/C22H23F3N2O4/c1-4-16(21(29)30-3)26-20-17(13-7-5-9-15(11-13)22(23,24)25)18(28)19(31-20)14-8-6-10-27(2)12-14/h5-9,11-12,16,19,26H,4,10H2,1-3H3. The van der Waals surface area contributed by atoms with Gasteiger partial charge >= 0.3 is 12.1 Å². The molecule has 2 unspecified atom stereocenters. The van der Waals surface area contributed by atoms with Crippen molar-refractivity contribution < 1.29 is 32.2 Å². The van der Waals surface area contributed by atoms with Crippen molar-refractivity contribution in [1.82, 2.24) is 10.2 Å². The van der Waals surface area contributed by atoms with E-state index in [-0.39, 0.29) is 17.0 Å². The van der Waals surface area contributed by atoms with Crippen LogP contribution in [0, 0.1) is 0 Å². The minimum Gasteiger partial charge on any atom is -0.467 e. The summed E-state index contributed by atoms with van der Waals surface area (Å²) in [5.74, 6) is -1.11. The Labute approximate surface area is 178 Å². The van der Waals surface area contributed by atoms with Crippen LogP contribution in [-0.2, 0) is 25.2 Å². The number of ketones is 1. The fraction of sp³-hybridized carbons (Fsp3) is 0.364. The van der Waals surface area contributed by atoms with Crippen molar-refractivity contribution in [2.75, 3.05) is 20.7 Å². The van der Waals surface area contributed by atoms with Gasteiger partial charge in [0.15, 0.2) is 12.0 Å². The number of nitrogens with one attached hydrogen (secondary N) is 1. The Kier molecular flexibility index (Phi) is 6.42. The van der Waals surface area contributed by atoms with Crippen molar-refractivity contribution in [3.05, 3.63) is 65.2 Å². The van der Waals surface area contributed by atoms with E-state index in [4.69, 9.17) is 9.47 Å². The maximum atomic E-state index is 13.3. The summed E-state index contributed by atoms with van der Waals surface area (Å²) in [5.41, 5.74) is -0.310. The lowest BCUT2D eigenvalue weighted by atomic mass is 9.95. The van der Waals surface area contributed by atoms with Gasteiger partial charge in [0.1, 0.15) is 6.04 Å². The quantitative estimate of drug-likeness (QED) is 0.691. The molecule has 0 radical (unpaired) electrons. The van der Waals surface area contributed by atoms with Gasteiger partial charge in [-0.1, -0.05) is 31.2 Å². The van der Waals surface area contributed by atoms with E-state index in [1.165, 1.54) is 19.2 Å². The number of carbonyl (C=O) groups excluding carboxylic acids is 2. The summed E-state index contributed by atoms with van der Waals surface area (Å²) in [6, 6.07) is 3.64. The molecule has 166 valence electrons. The highest BCUT2D eigenvalue weighted by Gasteiger charge is 2.40. The van der Waals surface area contributed by atoms with E-state index in [9.17, 15) is 22.8 Å². The van der Waals surface area contributed by atoms with Crippen LogP contribution in [0.3, 0.4) is 0 Å². The van der Waals surface area contributed by atoms with Crippen molar-refractivity contribution in [3.63, 3.8) is 0 Å². The zero-order chi connectivity index (χ0) is 22.8. The van der Waals surface area contributed by atoms with E-state index in [2.05, 4.69) is 5.32 Å². The molecule has 9 heteroatoms. The summed E-state index contributed by atoms with van der Waals surface area (Å²) in [6.45, 7) is 2.39. The van der Waals surface area contributed by atoms with E-state index in [1.807, 2.05) is 18.0 Å². The molecule has 0 amide bonds. The maximum Gasteiger partial charge on any atom is 0.416 e. The first-order valence-electron chi connectivity index (χ1n) is 9.71. The number of carbonyl (C=O) groups is 2. The number of hydrogen-bond acceptors (Lipinski definition) is 6. The highest BCUT2D eigenvalue weighted by molar-refractivity contribution is 6.26. The Morgan fingerprint density at radius 3 is 2.74 bits per heavy atom. The van der Waals surface area contributed by atoms with Crippen LogP contribution in [0.4, 0.5) is 13.2 Å². The molecule has 1 aromatic rings. The molecule has 2 atom stereocenters. The van der Waals surface area contributed by atoms with Crippen molar-refractivity contribution >= 4 is 17.3 Å². The van der Waals surface area contributed by atoms with Crippen LogP contribution in [0.25, 0.3) is 5.57 Å². The lowest BCUT2D eigenvalue weighted by Gasteiger charge is -2.22. The van der Waals surface area contributed by atoms with Crippen molar-refractivity contribution in [2.24, 2.45) is 0 Å². The summed E-state index contributed by atoms with van der Waals surface area (Å²) in [6.07, 6.45) is 0.0481. The lowest BCUT2D eigenvalue weighted by Crippen LogP contribution is -2.37. The van der Waals surface area contributed by atoms with Crippen LogP contribution in [0.5, 0.6) is 0 Å². The van der Waals surface area contributed by atoms with E-state index in [0.29, 0.717) is 18.5 Å². The van der Waals surface area contributed by atoms with Gasteiger partial charge in [-0.3, -0.25) is 4.79 Å². The molecule has 0 saturated carbocycles. The molecule has 2 aliphatic rings. The molecule has 0 saturated heterocycles. The van der Waals surface area contributed by atoms with Crippen LogP contribution in [0.2, 0.25) is 0 Å². The molecule has 6 nitrogen and oxygen atoms in total. The third-order valence-corrected chi connectivity index (χ3v) is 5.00. The van der Waals surface area contributed by atoms with Gasteiger partial charge in [-0.05, 0) is 24.1 Å². The number of rotatable bonds is 6. The average Bonchev–Trinajstić information content (AvgIpc) is 3.06. The van der Waals surface area contributed by atoms with E-state index < -0.39 is 35.6 Å². The number of nitrogens with zero attached hydrogens (tertiary/aromatic N) is 1. The first-order chi connectivity index (χ1) is 14.7. The molecule has 0 fully saturated rings. The molecule has 2 heterocycles. The van der Waals surface area contributed by atoms with Crippen molar-refractivity contribution in [2.45, 2.75) is 31.7 Å². The Bertz CT molecular complexity index is 966. The number of ether oxygens (including phenoxy) is 2. The number of methoxy groups -OCH3 is 1. The smallest absolute Gasteiger partial charge is 0.416 e. The van der Waals surface area contributed by atoms with Crippen LogP contribution < -0.4 is 5.32 Å². The largest absolute Gasteiger partial charge is 0.467 e. The Morgan fingerprint density at radius 1 is 1.39 bits per heavy atom. The van der Waals surface area contributed by atoms with E-state index >= 15 is 0 Å². The molecule has 0 spiro atoms. The van der Waals surface area contributed by atoms with Gasteiger partial charge in [0.2, 0.25) is 5.78 Å². The van der Waals surface area contributed by atoms with Gasteiger partial charge in [-0.15, -0.1) is 0 Å². The second-order valence-electron chi connectivity index (χ2n) is 7.24. The molecule has 3 rings (SSSR count). The van der Waals surface area contributed by atoms with Gasteiger partial charge in [-0.25, -0.2) is 4.79 Å². The molecule has 0 bridgehead atoms. The fourth-order valence-corrected chi connectivity index (χ4v) is 3.41. The van der Waals surface area contributed by atoms with Gasteiger partial charge < -0.3 is 19.7 Å². The predicted octanol–water partition coefficient (Wildman–Crippen LogP) is 3.27. The van der Waals surface area contributed by atoms with Gasteiger partial charge in [-0.2, -0.15) is 13.2 Å². The van der Waals surface area contributed by atoms with Gasteiger partial charge in [0.05, 0.1) is 18.2 Å². The predicted molar refractivity (Wildman–Crippen MR) is 107 cm³/mol. The number of halogens is 3. The molecule has 0 aromatic heterocycles. The van der Waals surface area contributed by atoms with Crippen LogP contribution >= 0.6 is 0 Å². The minimum atomic E-state index is -4.57. The lowest BCUT2D eigenvalue weighted by molar-refractivity contribution is -0.143. The monoisotopic (exact) mass is 436 g/mol. The normalized spacial score (nSPS) is 19.8. The molecular weight excluding hydrogens is 413 g/mol. The SMILES string of the molecule is CCC(NC1=C(c2cccc(C(F)(F)F)c2)C(=O)C(C2=CN(C)CC=C2)O1)C(=O)OC. The van der Waals surface area contributed by atoms with Crippen molar-refractivity contribution in [1.29, 1.82) is 0 Å². The molecule has 1 N–H and O–H groups in total. The first kappa shape index (κ1) is 22.5. The molecule has 1 aromatic carbocycles. The third-order valence-electron chi connectivity index (χ3n) is 5.00. The third kappa shape index (κ3) is 4.76. The maximum absolute atomic E-state index is 13.3. The van der Waals surface area contributed by atoms with Crippen LogP contribution in [0.1, 0.15) is 24.5 Å². The summed E-state index contributed by atoms with van der Waals surface area (Å²) < 4.78 is 50.4. The number of alkyl halides is 3. The highest BCUT2D eigenvalue weighted by Crippen LogP contribution is 2.36. The molecular formula is C22H23F3N2O4. The second kappa shape index (κ2) is 8.87. The van der Waals surface area contributed by atoms with E-state index in [0.717, 1.165) is 12.1 Å². The molecule has 2 aliphatic heterocycles. The Morgan fingerprint density at radius 2 is 2.13 bits per heavy atom. The van der Waals surface area contributed by atoms with E-state index in [1.54, 1.807) is 19.2 Å². The second-order valence-corrected chi connectivity index (χ2v) is 7.24. The zero-order valence-electron chi connectivity index (χ0n) is 17.3. The number of likely N-dealkylation sites (N-methyl/N-ethyl adjacent to an activating group) is 1. The number of esters is 1. The summed E-state index contributed by atoms with van der Waals surface area (Å²) in [7, 11) is 3.05. The summed E-state index contributed by atoms with van der Waals surface area (Å²) >= 11 is 0. The molecule has 0 aliphatic carbocycles. The van der Waals surface area contributed by atoms with Crippen LogP contribution in [-0.4, -0.2) is 49.5 Å². The Hall–Kier alpha value is -3.23. The van der Waals surface area contributed by atoms with Gasteiger partial charge in [0, 0.05) is 25.4 Å². The van der Waals surface area contributed by atoms with Crippen molar-refractivity contribution in [3.8, 4) is 0 Å². The fourth-order valence-electron chi connectivity index (χ4n) is 3.41. The summed E-state index contributed by atoms with van der Waals surface area (Å²) in [4.78, 5) is 27.2.